The lowest BCUT2D eigenvalue weighted by Crippen LogP contribution is -2.32. The monoisotopic (exact) mass is 210 g/mol. The second kappa shape index (κ2) is 4.35. The molecule has 0 radical (unpaired) electrons. The normalized spacial score (nSPS) is 11.2. The summed E-state index contributed by atoms with van der Waals surface area (Å²) in [5.74, 6) is -0.0570. The van der Waals surface area contributed by atoms with Gasteiger partial charge in [0.15, 0.2) is 0 Å². The Hall–Kier alpha value is -1.49. The highest BCUT2D eigenvalue weighted by atomic mass is 16.5. The van der Waals surface area contributed by atoms with Crippen LogP contribution < -0.4 is 0 Å². The van der Waals surface area contributed by atoms with Crippen molar-refractivity contribution in [2.24, 2.45) is 0 Å². The standard InChI is InChI=1S/C10H14N2O3/c1-10(2,9(14)15-3)8-11-5-4-7(6-13)12-8/h4-5,13H,6H2,1-3H3. The number of hydrogen-bond donors (Lipinski definition) is 1. The van der Waals surface area contributed by atoms with Crippen molar-refractivity contribution in [3.63, 3.8) is 0 Å². The van der Waals surface area contributed by atoms with Gasteiger partial charge in [0.25, 0.3) is 0 Å². The maximum Gasteiger partial charge on any atom is 0.318 e. The van der Waals surface area contributed by atoms with Crippen LogP contribution in [0.4, 0.5) is 0 Å². The zero-order valence-electron chi connectivity index (χ0n) is 9.02. The predicted octanol–water partition coefficient (Wildman–Crippen LogP) is 0.420. The Morgan fingerprint density at radius 3 is 2.80 bits per heavy atom. The minimum Gasteiger partial charge on any atom is -0.468 e. The van der Waals surface area contributed by atoms with E-state index in [0.717, 1.165) is 0 Å². The first kappa shape index (κ1) is 11.6. The van der Waals surface area contributed by atoms with Gasteiger partial charge in [-0.1, -0.05) is 0 Å². The van der Waals surface area contributed by atoms with Crippen LogP contribution in [0.1, 0.15) is 25.4 Å². The van der Waals surface area contributed by atoms with Crippen LogP contribution in [-0.4, -0.2) is 28.2 Å². The van der Waals surface area contributed by atoms with Crippen LogP contribution in [0.3, 0.4) is 0 Å². The summed E-state index contributed by atoms with van der Waals surface area (Å²) in [6, 6.07) is 1.59. The molecule has 0 aromatic carbocycles. The second-order valence-corrected chi connectivity index (χ2v) is 3.65. The fourth-order valence-electron chi connectivity index (χ4n) is 1.13. The number of nitrogens with zero attached hydrogens (tertiary/aromatic N) is 2. The van der Waals surface area contributed by atoms with E-state index in [0.29, 0.717) is 11.5 Å². The lowest BCUT2D eigenvalue weighted by molar-refractivity contribution is -0.146. The summed E-state index contributed by atoms with van der Waals surface area (Å²) < 4.78 is 4.66. The largest absolute Gasteiger partial charge is 0.468 e. The zero-order chi connectivity index (χ0) is 11.5. The summed E-state index contributed by atoms with van der Waals surface area (Å²) in [4.78, 5) is 19.5. The molecule has 0 aliphatic carbocycles. The Labute approximate surface area is 88.1 Å². The Morgan fingerprint density at radius 1 is 1.60 bits per heavy atom. The van der Waals surface area contributed by atoms with Gasteiger partial charge < -0.3 is 9.84 Å². The van der Waals surface area contributed by atoms with Gasteiger partial charge in [0.05, 0.1) is 19.4 Å². The molecular weight excluding hydrogens is 196 g/mol. The second-order valence-electron chi connectivity index (χ2n) is 3.65. The molecule has 1 aromatic rings. The molecule has 1 N–H and O–H groups in total. The fraction of sp³-hybridized carbons (Fsp3) is 0.500. The molecule has 0 fully saturated rings. The Kier molecular flexibility index (Phi) is 3.36. The van der Waals surface area contributed by atoms with Crippen LogP contribution in [0.5, 0.6) is 0 Å². The summed E-state index contributed by atoms with van der Waals surface area (Å²) in [5.41, 5.74) is -0.420. The Bertz CT molecular complexity index is 363. The molecule has 0 saturated heterocycles. The fourth-order valence-corrected chi connectivity index (χ4v) is 1.13. The summed E-state index contributed by atoms with van der Waals surface area (Å²) >= 11 is 0. The van der Waals surface area contributed by atoms with Gasteiger partial charge >= 0.3 is 5.97 Å². The summed E-state index contributed by atoms with van der Waals surface area (Å²) in [5, 5.41) is 8.92. The molecule has 5 heteroatoms. The van der Waals surface area contributed by atoms with Gasteiger partial charge in [0.2, 0.25) is 0 Å². The average molecular weight is 210 g/mol. The van der Waals surface area contributed by atoms with Crippen LogP contribution in [0.25, 0.3) is 0 Å². The molecule has 0 aliphatic rings. The number of carbonyl (C=O) groups excluding carboxylic acids is 1. The van der Waals surface area contributed by atoms with E-state index in [4.69, 9.17) is 5.11 Å². The lowest BCUT2D eigenvalue weighted by Gasteiger charge is -2.19. The molecule has 1 rings (SSSR count). The third kappa shape index (κ3) is 2.30. The van der Waals surface area contributed by atoms with E-state index in [9.17, 15) is 4.79 Å². The van der Waals surface area contributed by atoms with E-state index in [-0.39, 0.29) is 6.61 Å². The number of aliphatic hydroxyl groups is 1. The molecule has 0 bridgehead atoms. The number of carbonyl (C=O) groups is 1. The Morgan fingerprint density at radius 2 is 2.27 bits per heavy atom. The molecule has 0 aliphatic heterocycles. The number of methoxy groups -OCH3 is 1. The van der Waals surface area contributed by atoms with Crippen molar-refractivity contribution in [2.45, 2.75) is 25.9 Å². The third-order valence-electron chi connectivity index (χ3n) is 2.13. The first-order chi connectivity index (χ1) is 7.02. The van der Waals surface area contributed by atoms with Crippen molar-refractivity contribution in [1.82, 2.24) is 9.97 Å². The van der Waals surface area contributed by atoms with Crippen molar-refractivity contribution < 1.29 is 14.6 Å². The minimum atomic E-state index is -0.903. The van der Waals surface area contributed by atoms with Crippen LogP contribution in [0.15, 0.2) is 12.3 Å². The van der Waals surface area contributed by atoms with E-state index in [2.05, 4.69) is 14.7 Å². The van der Waals surface area contributed by atoms with E-state index in [1.165, 1.54) is 13.3 Å². The Balaban J connectivity index is 3.09. The molecule has 1 aromatic heterocycles. The summed E-state index contributed by atoms with van der Waals surface area (Å²) in [6.45, 7) is 3.18. The van der Waals surface area contributed by atoms with Gasteiger partial charge in [-0.05, 0) is 19.9 Å². The minimum absolute atomic E-state index is 0.174. The van der Waals surface area contributed by atoms with Crippen molar-refractivity contribution in [3.8, 4) is 0 Å². The van der Waals surface area contributed by atoms with Gasteiger partial charge in [0.1, 0.15) is 11.2 Å². The smallest absolute Gasteiger partial charge is 0.318 e. The van der Waals surface area contributed by atoms with Gasteiger partial charge in [0, 0.05) is 6.20 Å². The van der Waals surface area contributed by atoms with Crippen molar-refractivity contribution in [3.05, 3.63) is 23.8 Å². The molecule has 0 unspecified atom stereocenters. The number of hydrogen-bond acceptors (Lipinski definition) is 5. The molecule has 0 spiro atoms. The molecule has 5 nitrogen and oxygen atoms in total. The highest BCUT2D eigenvalue weighted by Crippen LogP contribution is 2.20. The van der Waals surface area contributed by atoms with Crippen LogP contribution in [0, 0.1) is 0 Å². The number of ether oxygens (including phenoxy) is 1. The SMILES string of the molecule is COC(=O)C(C)(C)c1nccc(CO)n1. The van der Waals surface area contributed by atoms with Gasteiger partial charge in [-0.2, -0.15) is 0 Å². The number of aromatic nitrogens is 2. The first-order valence-corrected chi connectivity index (χ1v) is 4.54. The van der Waals surface area contributed by atoms with Crippen LogP contribution in [0.2, 0.25) is 0 Å². The summed E-state index contributed by atoms with van der Waals surface area (Å²) in [7, 11) is 1.32. The highest BCUT2D eigenvalue weighted by Gasteiger charge is 2.34. The molecule has 82 valence electrons. The molecule has 15 heavy (non-hydrogen) atoms. The average Bonchev–Trinajstić information content (AvgIpc) is 2.27. The van der Waals surface area contributed by atoms with Gasteiger partial charge in [-0.25, -0.2) is 9.97 Å². The molecule has 0 saturated carbocycles. The third-order valence-corrected chi connectivity index (χ3v) is 2.13. The van der Waals surface area contributed by atoms with Gasteiger partial charge in [-0.15, -0.1) is 0 Å². The predicted molar refractivity (Wildman–Crippen MR) is 53.0 cm³/mol. The number of rotatable bonds is 3. The van der Waals surface area contributed by atoms with Crippen molar-refractivity contribution in [1.29, 1.82) is 0 Å². The quantitative estimate of drug-likeness (QED) is 0.732. The van der Waals surface area contributed by atoms with Gasteiger partial charge in [-0.3, -0.25) is 4.79 Å². The maximum absolute atomic E-state index is 11.5. The lowest BCUT2D eigenvalue weighted by atomic mass is 9.92. The molecular formula is C10H14N2O3. The van der Waals surface area contributed by atoms with E-state index < -0.39 is 11.4 Å². The van der Waals surface area contributed by atoms with Crippen LogP contribution in [-0.2, 0) is 21.6 Å². The van der Waals surface area contributed by atoms with E-state index in [1.807, 2.05) is 0 Å². The number of esters is 1. The molecule has 0 amide bonds. The van der Waals surface area contributed by atoms with Crippen molar-refractivity contribution in [2.75, 3.05) is 7.11 Å². The zero-order valence-corrected chi connectivity index (χ0v) is 9.02. The number of aliphatic hydroxyl groups excluding tert-OH is 1. The first-order valence-electron chi connectivity index (χ1n) is 4.54. The molecule has 1 heterocycles. The topological polar surface area (TPSA) is 72.3 Å². The van der Waals surface area contributed by atoms with Crippen LogP contribution >= 0.6 is 0 Å². The highest BCUT2D eigenvalue weighted by molar-refractivity contribution is 5.80. The van der Waals surface area contributed by atoms with E-state index in [1.54, 1.807) is 19.9 Å². The summed E-state index contributed by atoms with van der Waals surface area (Å²) in [6.07, 6.45) is 1.51. The van der Waals surface area contributed by atoms with Crippen molar-refractivity contribution >= 4 is 5.97 Å². The molecule has 0 atom stereocenters. The maximum atomic E-state index is 11.5. The van der Waals surface area contributed by atoms with E-state index >= 15 is 0 Å².